The number of benzene rings is 1. The molecule has 4 aromatic rings. The van der Waals surface area contributed by atoms with Gasteiger partial charge in [-0.05, 0) is 67.3 Å². The maximum Gasteiger partial charge on any atom is 0.416 e. The number of aryl methyl sites for hydroxylation is 1. The molecule has 3 aromatic heterocycles. The molecule has 3 N–H and O–H groups in total. The summed E-state index contributed by atoms with van der Waals surface area (Å²) < 4.78 is 38.5. The van der Waals surface area contributed by atoms with Crippen molar-refractivity contribution in [3.05, 3.63) is 92.7 Å². The topological polar surface area (TPSA) is 104 Å². The highest BCUT2D eigenvalue weighted by Gasteiger charge is 2.30. The standard InChI is InChI=1S/C27H23F3N4O3S2/c1-16(20-15-38-24(23(20)35)18-4-6-19(7-5-18)27(28,29)30)33-34-26(37)22-9-8-21(39-22)25(36)32-12-2-3-17-10-13-31-14-11-17/h4-11,13-15,35H,2-3,12H2,1H3,(H,32,36)(H,34,37). The Labute approximate surface area is 230 Å². The van der Waals surface area contributed by atoms with E-state index in [-0.39, 0.29) is 16.5 Å². The van der Waals surface area contributed by atoms with Crippen molar-refractivity contribution in [1.29, 1.82) is 0 Å². The van der Waals surface area contributed by atoms with E-state index >= 15 is 0 Å². The van der Waals surface area contributed by atoms with E-state index in [4.69, 9.17) is 0 Å². The minimum Gasteiger partial charge on any atom is -0.506 e. The quantitative estimate of drug-likeness (QED) is 0.128. The zero-order valence-corrected chi connectivity index (χ0v) is 22.2. The van der Waals surface area contributed by atoms with E-state index < -0.39 is 17.6 Å². The lowest BCUT2D eigenvalue weighted by Crippen LogP contribution is -2.24. The Bertz CT molecular complexity index is 1480. The minimum absolute atomic E-state index is 0.144. The third-order valence-electron chi connectivity index (χ3n) is 5.68. The monoisotopic (exact) mass is 572 g/mol. The lowest BCUT2D eigenvalue weighted by molar-refractivity contribution is -0.137. The van der Waals surface area contributed by atoms with Gasteiger partial charge in [0.2, 0.25) is 0 Å². The van der Waals surface area contributed by atoms with E-state index in [2.05, 4.69) is 20.8 Å². The second-order valence-corrected chi connectivity index (χ2v) is 10.4. The van der Waals surface area contributed by atoms with Gasteiger partial charge in [0.05, 0.1) is 31.5 Å². The zero-order chi connectivity index (χ0) is 28.0. The third-order valence-corrected chi connectivity index (χ3v) is 7.79. The van der Waals surface area contributed by atoms with Gasteiger partial charge in [-0.25, -0.2) is 5.43 Å². The van der Waals surface area contributed by atoms with E-state index in [1.165, 1.54) is 18.2 Å². The third kappa shape index (κ3) is 7.09. The lowest BCUT2D eigenvalue weighted by Gasteiger charge is -2.07. The van der Waals surface area contributed by atoms with Crippen LogP contribution >= 0.6 is 22.7 Å². The number of nitrogens with zero attached hydrogens (tertiary/aromatic N) is 2. The van der Waals surface area contributed by atoms with Crippen molar-refractivity contribution in [2.75, 3.05) is 6.54 Å². The molecule has 39 heavy (non-hydrogen) atoms. The van der Waals surface area contributed by atoms with Crippen molar-refractivity contribution >= 4 is 40.2 Å². The molecule has 12 heteroatoms. The van der Waals surface area contributed by atoms with Crippen LogP contribution in [0.1, 0.15) is 49.4 Å². The highest BCUT2D eigenvalue weighted by atomic mass is 32.1. The molecule has 0 radical (unpaired) electrons. The number of hydrogen-bond acceptors (Lipinski definition) is 7. The first-order chi connectivity index (χ1) is 18.6. The lowest BCUT2D eigenvalue weighted by atomic mass is 10.1. The first kappa shape index (κ1) is 28.0. The van der Waals surface area contributed by atoms with Crippen LogP contribution in [-0.2, 0) is 12.6 Å². The van der Waals surface area contributed by atoms with Crippen LogP contribution in [0.2, 0.25) is 0 Å². The molecule has 0 spiro atoms. The van der Waals surface area contributed by atoms with Gasteiger partial charge >= 0.3 is 6.18 Å². The number of halogens is 3. The predicted molar refractivity (Wildman–Crippen MR) is 145 cm³/mol. The number of carbonyl (C=O) groups is 2. The van der Waals surface area contributed by atoms with Crippen molar-refractivity contribution in [1.82, 2.24) is 15.7 Å². The van der Waals surface area contributed by atoms with Gasteiger partial charge in [-0.2, -0.15) is 18.3 Å². The van der Waals surface area contributed by atoms with Gasteiger partial charge in [0.1, 0.15) is 5.75 Å². The van der Waals surface area contributed by atoms with Gasteiger partial charge in [0.15, 0.2) is 0 Å². The van der Waals surface area contributed by atoms with Crippen LogP contribution in [-0.4, -0.2) is 34.2 Å². The number of pyridine rings is 1. The molecule has 3 heterocycles. The summed E-state index contributed by atoms with van der Waals surface area (Å²) in [6, 6.07) is 11.4. The van der Waals surface area contributed by atoms with Crippen molar-refractivity contribution < 1.29 is 27.9 Å². The predicted octanol–water partition coefficient (Wildman–Crippen LogP) is 6.11. The molecule has 0 atom stereocenters. The SMILES string of the molecule is CC(=NNC(=O)c1ccc(C(=O)NCCCc2ccncc2)s1)c1csc(-c2ccc(C(F)(F)F)cc2)c1O. The summed E-state index contributed by atoms with van der Waals surface area (Å²) in [4.78, 5) is 30.0. The molecule has 0 saturated carbocycles. The molecule has 0 saturated heterocycles. The summed E-state index contributed by atoms with van der Waals surface area (Å²) in [5.41, 5.74) is 3.84. The molecule has 0 fully saturated rings. The molecule has 0 aliphatic rings. The van der Waals surface area contributed by atoms with E-state index in [1.807, 2.05) is 12.1 Å². The van der Waals surface area contributed by atoms with Crippen molar-refractivity contribution in [3.8, 4) is 16.2 Å². The number of hydrazone groups is 1. The van der Waals surface area contributed by atoms with Gasteiger partial charge in [0.25, 0.3) is 11.8 Å². The van der Waals surface area contributed by atoms with E-state index in [1.54, 1.807) is 30.8 Å². The Hall–Kier alpha value is -4.03. The number of nitrogens with one attached hydrogen (secondary N) is 2. The zero-order valence-electron chi connectivity index (χ0n) is 20.6. The smallest absolute Gasteiger partial charge is 0.416 e. The van der Waals surface area contributed by atoms with Crippen molar-refractivity contribution in [2.45, 2.75) is 25.9 Å². The largest absolute Gasteiger partial charge is 0.506 e. The maximum atomic E-state index is 12.8. The second-order valence-electron chi connectivity index (χ2n) is 8.42. The van der Waals surface area contributed by atoms with Crippen LogP contribution < -0.4 is 10.7 Å². The molecular formula is C27H23F3N4O3S2. The highest BCUT2D eigenvalue weighted by Crippen LogP contribution is 2.40. The average Bonchev–Trinajstić information content (AvgIpc) is 3.57. The number of thiophene rings is 2. The summed E-state index contributed by atoms with van der Waals surface area (Å²) >= 11 is 2.17. The molecule has 0 unspecified atom stereocenters. The first-order valence-electron chi connectivity index (χ1n) is 11.7. The summed E-state index contributed by atoms with van der Waals surface area (Å²) in [5, 5.41) is 19.1. The Morgan fingerprint density at radius 3 is 2.33 bits per heavy atom. The van der Waals surface area contributed by atoms with Crippen molar-refractivity contribution in [3.63, 3.8) is 0 Å². The number of aromatic nitrogens is 1. The van der Waals surface area contributed by atoms with Crippen LogP contribution in [0.4, 0.5) is 13.2 Å². The first-order valence-corrected chi connectivity index (χ1v) is 13.4. The number of alkyl halides is 3. The van der Waals surface area contributed by atoms with Crippen LogP contribution in [0.5, 0.6) is 5.75 Å². The van der Waals surface area contributed by atoms with E-state index in [9.17, 15) is 27.9 Å². The van der Waals surface area contributed by atoms with Crippen LogP contribution in [0.15, 0.2) is 71.4 Å². The molecule has 0 bridgehead atoms. The molecular weight excluding hydrogens is 549 g/mol. The van der Waals surface area contributed by atoms with Gasteiger partial charge in [-0.1, -0.05) is 12.1 Å². The van der Waals surface area contributed by atoms with Gasteiger partial charge in [0, 0.05) is 24.3 Å². The molecule has 2 amide bonds. The molecule has 1 aromatic carbocycles. The minimum atomic E-state index is -4.45. The average molecular weight is 573 g/mol. The fourth-order valence-corrected chi connectivity index (χ4v) is 5.41. The fraction of sp³-hybridized carbons (Fsp3) is 0.185. The van der Waals surface area contributed by atoms with Gasteiger partial charge in [-0.3, -0.25) is 14.6 Å². The van der Waals surface area contributed by atoms with Crippen LogP contribution in [0.25, 0.3) is 10.4 Å². The molecule has 0 aliphatic carbocycles. The summed E-state index contributed by atoms with van der Waals surface area (Å²) in [6.07, 6.45) is 0.571. The number of aromatic hydroxyl groups is 1. The normalized spacial score (nSPS) is 11.8. The van der Waals surface area contributed by atoms with Crippen LogP contribution in [0, 0.1) is 0 Å². The number of carbonyl (C=O) groups excluding carboxylic acids is 2. The Morgan fingerprint density at radius 1 is 1.00 bits per heavy atom. The van der Waals surface area contributed by atoms with Crippen molar-refractivity contribution in [2.24, 2.45) is 5.10 Å². The van der Waals surface area contributed by atoms with E-state index in [0.29, 0.717) is 33.1 Å². The highest BCUT2D eigenvalue weighted by molar-refractivity contribution is 7.16. The molecule has 4 rings (SSSR count). The molecule has 0 aliphatic heterocycles. The number of hydrogen-bond donors (Lipinski definition) is 3. The second kappa shape index (κ2) is 12.2. The Morgan fingerprint density at radius 2 is 1.67 bits per heavy atom. The maximum absolute atomic E-state index is 12.8. The summed E-state index contributed by atoms with van der Waals surface area (Å²) in [5.74, 6) is -0.935. The Kier molecular flexibility index (Phi) is 8.77. The van der Waals surface area contributed by atoms with E-state index in [0.717, 1.165) is 53.2 Å². The number of rotatable bonds is 9. The Balaban J connectivity index is 1.32. The molecule has 7 nitrogen and oxygen atoms in total. The van der Waals surface area contributed by atoms with Gasteiger partial charge < -0.3 is 10.4 Å². The molecule has 202 valence electrons. The van der Waals surface area contributed by atoms with Crippen LogP contribution in [0.3, 0.4) is 0 Å². The van der Waals surface area contributed by atoms with Gasteiger partial charge in [-0.15, -0.1) is 22.7 Å². The summed E-state index contributed by atoms with van der Waals surface area (Å²) in [7, 11) is 0. The summed E-state index contributed by atoms with van der Waals surface area (Å²) in [6.45, 7) is 2.07. The fourth-order valence-electron chi connectivity index (χ4n) is 3.59. The number of amides is 2.